The second-order valence-electron chi connectivity index (χ2n) is 7.22. The molecule has 0 spiro atoms. The molecular weight excluding hydrogens is 367 g/mol. The van der Waals surface area contributed by atoms with E-state index >= 15 is 0 Å². The fourth-order valence-corrected chi connectivity index (χ4v) is 3.74. The molecule has 5 nitrogen and oxygen atoms in total. The molecule has 1 amide bonds. The number of carbonyl (C=O) groups is 2. The fourth-order valence-electron chi connectivity index (χ4n) is 3.74. The van der Waals surface area contributed by atoms with E-state index < -0.39 is 12.0 Å². The number of fused-ring (bicyclic) bond motifs is 1. The van der Waals surface area contributed by atoms with E-state index in [9.17, 15) is 14.7 Å². The van der Waals surface area contributed by atoms with Crippen LogP contribution in [-0.2, 0) is 16.0 Å². The summed E-state index contributed by atoms with van der Waals surface area (Å²) in [5, 5.41) is 16.4. The molecule has 1 atom stereocenters. The van der Waals surface area contributed by atoms with Crippen LogP contribution >= 0.6 is 0 Å². The third-order valence-electron chi connectivity index (χ3n) is 5.41. The predicted molar refractivity (Wildman–Crippen MR) is 99.1 cm³/mol. The largest absolute Gasteiger partial charge is 1.00 e. The van der Waals surface area contributed by atoms with Gasteiger partial charge in [-0.2, -0.15) is 0 Å². The van der Waals surface area contributed by atoms with Crippen LogP contribution in [0.2, 0.25) is 0 Å². The van der Waals surface area contributed by atoms with Crippen LogP contribution in [0.15, 0.2) is 42.5 Å². The van der Waals surface area contributed by atoms with Crippen LogP contribution in [0.25, 0.3) is 10.8 Å². The van der Waals surface area contributed by atoms with E-state index in [4.69, 9.17) is 5.73 Å². The first-order valence-electron chi connectivity index (χ1n) is 9.26. The van der Waals surface area contributed by atoms with Crippen molar-refractivity contribution in [2.24, 2.45) is 17.6 Å². The standard InChI is InChI=1S/C21H26N2O3.K/c22-13-14-5-9-17(10-6-14)20(24)23-19(21(25)26)12-15-7-8-16-3-1-2-4-18(16)11-15;/h1-4,7-8,11,14,17,19H,5-6,9-10,12-13,22H2,(H,23,24)(H,25,26);/q;+1/p-1. The van der Waals surface area contributed by atoms with E-state index in [0.29, 0.717) is 12.5 Å². The first kappa shape index (κ1) is 22.5. The zero-order valence-corrected chi connectivity index (χ0v) is 18.9. The van der Waals surface area contributed by atoms with Crippen LogP contribution in [-0.4, -0.2) is 24.5 Å². The Labute approximate surface area is 202 Å². The number of nitrogens with one attached hydrogen (secondary N) is 1. The summed E-state index contributed by atoms with van der Waals surface area (Å²) in [6, 6.07) is 12.7. The van der Waals surface area contributed by atoms with Gasteiger partial charge in [0.05, 0.1) is 12.0 Å². The molecule has 3 rings (SSSR count). The van der Waals surface area contributed by atoms with E-state index in [1.54, 1.807) is 0 Å². The normalized spacial score (nSPS) is 20.5. The van der Waals surface area contributed by atoms with Gasteiger partial charge in [0.25, 0.3) is 0 Å². The molecule has 1 aliphatic carbocycles. The summed E-state index contributed by atoms with van der Waals surface area (Å²) < 4.78 is 0. The van der Waals surface area contributed by atoms with Gasteiger partial charge in [0.2, 0.25) is 5.91 Å². The van der Waals surface area contributed by atoms with Crippen LogP contribution in [0.3, 0.4) is 0 Å². The molecule has 1 aliphatic rings. The Morgan fingerprint density at radius 1 is 1.07 bits per heavy atom. The first-order valence-corrected chi connectivity index (χ1v) is 9.26. The monoisotopic (exact) mass is 392 g/mol. The van der Waals surface area contributed by atoms with Crippen molar-refractivity contribution in [3.8, 4) is 0 Å². The zero-order chi connectivity index (χ0) is 18.5. The van der Waals surface area contributed by atoms with E-state index in [1.807, 2.05) is 42.5 Å². The minimum Gasteiger partial charge on any atom is -0.548 e. The van der Waals surface area contributed by atoms with Gasteiger partial charge < -0.3 is 21.0 Å². The van der Waals surface area contributed by atoms with Gasteiger partial charge in [-0.1, -0.05) is 42.5 Å². The number of benzene rings is 2. The van der Waals surface area contributed by atoms with Crippen molar-refractivity contribution >= 4 is 22.6 Å². The summed E-state index contributed by atoms with van der Waals surface area (Å²) >= 11 is 0. The summed E-state index contributed by atoms with van der Waals surface area (Å²) in [4.78, 5) is 24.0. The van der Waals surface area contributed by atoms with Crippen molar-refractivity contribution in [2.75, 3.05) is 6.54 Å². The molecule has 0 bridgehead atoms. The zero-order valence-electron chi connectivity index (χ0n) is 15.8. The number of carboxylic acid groups (broad SMARTS) is 1. The third-order valence-corrected chi connectivity index (χ3v) is 5.41. The first-order chi connectivity index (χ1) is 12.6. The van der Waals surface area contributed by atoms with Crippen molar-refractivity contribution in [2.45, 2.75) is 38.1 Å². The summed E-state index contributed by atoms with van der Waals surface area (Å²) in [5.41, 5.74) is 6.55. The average molecular weight is 393 g/mol. The minimum atomic E-state index is -1.25. The molecular formula is C21H25KN2O3. The van der Waals surface area contributed by atoms with Gasteiger partial charge in [-0.15, -0.1) is 0 Å². The average Bonchev–Trinajstić information content (AvgIpc) is 2.67. The Morgan fingerprint density at radius 3 is 2.37 bits per heavy atom. The summed E-state index contributed by atoms with van der Waals surface area (Å²) in [7, 11) is 0. The van der Waals surface area contributed by atoms with Gasteiger partial charge in [-0.05, 0) is 60.9 Å². The molecule has 27 heavy (non-hydrogen) atoms. The maximum atomic E-state index is 12.5. The maximum Gasteiger partial charge on any atom is 1.00 e. The summed E-state index contributed by atoms with van der Waals surface area (Å²) in [6.45, 7) is 0.651. The van der Waals surface area contributed by atoms with Gasteiger partial charge in [0.1, 0.15) is 0 Å². The summed E-state index contributed by atoms with van der Waals surface area (Å²) in [6.07, 6.45) is 3.61. The van der Waals surface area contributed by atoms with E-state index in [0.717, 1.165) is 42.0 Å². The Hall–Kier alpha value is -0.764. The van der Waals surface area contributed by atoms with Crippen LogP contribution in [0, 0.1) is 11.8 Å². The van der Waals surface area contributed by atoms with Crippen LogP contribution < -0.4 is 67.5 Å². The molecule has 0 aromatic heterocycles. The molecule has 0 aliphatic heterocycles. The smallest absolute Gasteiger partial charge is 0.548 e. The van der Waals surface area contributed by atoms with E-state index in [-0.39, 0.29) is 69.6 Å². The molecule has 6 heteroatoms. The number of aliphatic carboxylic acids is 1. The molecule has 1 saturated carbocycles. The Kier molecular flexibility index (Phi) is 8.92. The van der Waals surface area contributed by atoms with Gasteiger partial charge in [0.15, 0.2) is 0 Å². The van der Waals surface area contributed by atoms with Gasteiger partial charge in [0, 0.05) is 5.92 Å². The third kappa shape index (κ3) is 6.11. The van der Waals surface area contributed by atoms with Gasteiger partial charge >= 0.3 is 51.4 Å². The number of amides is 1. The van der Waals surface area contributed by atoms with Gasteiger partial charge in [-0.3, -0.25) is 4.79 Å². The molecule has 2 aromatic rings. The fraction of sp³-hybridized carbons (Fsp3) is 0.429. The molecule has 0 saturated heterocycles. The summed E-state index contributed by atoms with van der Waals surface area (Å²) in [5.74, 6) is -1.08. The van der Waals surface area contributed by atoms with Crippen LogP contribution in [0.4, 0.5) is 0 Å². The van der Waals surface area contributed by atoms with Crippen molar-refractivity contribution in [1.82, 2.24) is 5.32 Å². The number of hydrogen-bond donors (Lipinski definition) is 2. The second kappa shape index (κ2) is 10.7. The number of rotatable bonds is 6. The van der Waals surface area contributed by atoms with Gasteiger partial charge in [-0.25, -0.2) is 0 Å². The minimum absolute atomic E-state index is 0. The van der Waals surface area contributed by atoms with Crippen LogP contribution in [0.1, 0.15) is 31.2 Å². The molecule has 2 aromatic carbocycles. The quantitative estimate of drug-likeness (QED) is 0.578. The molecule has 3 N–H and O–H groups in total. The Morgan fingerprint density at radius 2 is 1.74 bits per heavy atom. The van der Waals surface area contributed by atoms with E-state index in [2.05, 4.69) is 5.32 Å². The number of carbonyl (C=O) groups excluding carboxylic acids is 2. The van der Waals surface area contributed by atoms with Crippen molar-refractivity contribution in [1.29, 1.82) is 0 Å². The van der Waals surface area contributed by atoms with Crippen molar-refractivity contribution in [3.05, 3.63) is 48.0 Å². The van der Waals surface area contributed by atoms with Crippen molar-refractivity contribution < 1.29 is 66.1 Å². The topological polar surface area (TPSA) is 95.2 Å². The Balaban J connectivity index is 0.00000261. The predicted octanol–water partition coefficient (Wildman–Crippen LogP) is -1.61. The van der Waals surface area contributed by atoms with Crippen molar-refractivity contribution in [3.63, 3.8) is 0 Å². The molecule has 1 unspecified atom stereocenters. The number of hydrogen-bond acceptors (Lipinski definition) is 4. The van der Waals surface area contributed by atoms with E-state index in [1.165, 1.54) is 0 Å². The molecule has 0 radical (unpaired) electrons. The molecule has 1 fully saturated rings. The maximum absolute atomic E-state index is 12.5. The number of carboxylic acids is 1. The number of nitrogens with two attached hydrogens (primary N) is 1. The molecule has 0 heterocycles. The molecule has 138 valence electrons. The SMILES string of the molecule is NCC1CCC(C(=O)NC(Cc2ccc3ccccc3c2)C(=O)[O-])CC1.[K+]. The Bertz CT molecular complexity index is 788. The second-order valence-corrected chi connectivity index (χ2v) is 7.22. The van der Waals surface area contributed by atoms with Crippen LogP contribution in [0.5, 0.6) is 0 Å².